The van der Waals surface area contributed by atoms with Crippen molar-refractivity contribution in [1.82, 2.24) is 0 Å². The fourth-order valence-electron chi connectivity index (χ4n) is 1.81. The number of thioether (sulfide) groups is 2. The van der Waals surface area contributed by atoms with Gasteiger partial charge in [-0.1, -0.05) is 12.1 Å². The van der Waals surface area contributed by atoms with E-state index in [0.717, 1.165) is 5.75 Å². The highest BCUT2D eigenvalue weighted by molar-refractivity contribution is 7.99. The molecule has 0 aliphatic carbocycles. The SMILES string of the molecule is COc1ccc(-c2cc(SC)ccc2SC)cc1. The molecular formula is C15H16OS2. The number of benzene rings is 2. The zero-order valence-corrected chi connectivity index (χ0v) is 12.4. The van der Waals surface area contributed by atoms with Crippen molar-refractivity contribution in [3.05, 3.63) is 42.5 Å². The van der Waals surface area contributed by atoms with Gasteiger partial charge in [0, 0.05) is 9.79 Å². The third-order valence-corrected chi connectivity index (χ3v) is 4.33. The first-order valence-electron chi connectivity index (χ1n) is 5.65. The van der Waals surface area contributed by atoms with Crippen LogP contribution < -0.4 is 4.74 Å². The van der Waals surface area contributed by atoms with Crippen molar-refractivity contribution in [1.29, 1.82) is 0 Å². The monoisotopic (exact) mass is 276 g/mol. The third kappa shape index (κ3) is 2.85. The number of hydrogen-bond donors (Lipinski definition) is 0. The summed E-state index contributed by atoms with van der Waals surface area (Å²) in [4.78, 5) is 2.59. The van der Waals surface area contributed by atoms with Crippen molar-refractivity contribution in [3.8, 4) is 16.9 Å². The molecule has 0 aliphatic heterocycles. The summed E-state index contributed by atoms with van der Waals surface area (Å²) in [5.74, 6) is 0.894. The van der Waals surface area contributed by atoms with Crippen molar-refractivity contribution < 1.29 is 4.74 Å². The lowest BCUT2D eigenvalue weighted by atomic mass is 10.1. The summed E-state index contributed by atoms with van der Waals surface area (Å²) in [6, 6.07) is 14.8. The molecule has 0 unspecified atom stereocenters. The van der Waals surface area contributed by atoms with Crippen molar-refractivity contribution in [2.75, 3.05) is 19.6 Å². The van der Waals surface area contributed by atoms with Gasteiger partial charge in [0.2, 0.25) is 0 Å². The molecule has 0 atom stereocenters. The van der Waals surface area contributed by atoms with E-state index in [9.17, 15) is 0 Å². The molecule has 0 fully saturated rings. The van der Waals surface area contributed by atoms with E-state index in [-0.39, 0.29) is 0 Å². The van der Waals surface area contributed by atoms with E-state index < -0.39 is 0 Å². The zero-order chi connectivity index (χ0) is 13.0. The van der Waals surface area contributed by atoms with Gasteiger partial charge in [-0.25, -0.2) is 0 Å². The van der Waals surface area contributed by atoms with Crippen LogP contribution in [-0.4, -0.2) is 19.6 Å². The van der Waals surface area contributed by atoms with Gasteiger partial charge in [0.05, 0.1) is 7.11 Å². The second-order valence-electron chi connectivity index (χ2n) is 3.79. The molecule has 0 bridgehead atoms. The number of hydrogen-bond acceptors (Lipinski definition) is 3. The molecule has 0 radical (unpaired) electrons. The van der Waals surface area contributed by atoms with Crippen LogP contribution in [0.25, 0.3) is 11.1 Å². The first-order valence-corrected chi connectivity index (χ1v) is 8.10. The highest BCUT2D eigenvalue weighted by Gasteiger charge is 2.06. The molecule has 18 heavy (non-hydrogen) atoms. The Hall–Kier alpha value is -1.06. The van der Waals surface area contributed by atoms with Gasteiger partial charge < -0.3 is 4.74 Å². The number of methoxy groups -OCH3 is 1. The van der Waals surface area contributed by atoms with Gasteiger partial charge >= 0.3 is 0 Å². The Balaban J connectivity index is 2.46. The first kappa shape index (κ1) is 13.4. The molecule has 3 heteroatoms. The van der Waals surface area contributed by atoms with Crippen LogP contribution >= 0.6 is 23.5 Å². The molecule has 0 amide bonds. The fourth-order valence-corrected chi connectivity index (χ4v) is 2.85. The van der Waals surface area contributed by atoms with E-state index >= 15 is 0 Å². The van der Waals surface area contributed by atoms with Gasteiger partial charge in [0.25, 0.3) is 0 Å². The highest BCUT2D eigenvalue weighted by atomic mass is 32.2. The van der Waals surface area contributed by atoms with Crippen LogP contribution in [0.5, 0.6) is 5.75 Å². The van der Waals surface area contributed by atoms with Gasteiger partial charge in [-0.3, -0.25) is 0 Å². The van der Waals surface area contributed by atoms with E-state index in [1.54, 1.807) is 30.6 Å². The maximum absolute atomic E-state index is 5.20. The van der Waals surface area contributed by atoms with Crippen LogP contribution in [0.3, 0.4) is 0 Å². The number of ether oxygens (including phenoxy) is 1. The van der Waals surface area contributed by atoms with Crippen molar-refractivity contribution in [2.45, 2.75) is 9.79 Å². The minimum absolute atomic E-state index is 0.894. The maximum atomic E-state index is 5.20. The first-order chi connectivity index (χ1) is 8.78. The van der Waals surface area contributed by atoms with Gasteiger partial charge in [0.15, 0.2) is 0 Å². The Labute approximate surface area is 117 Å². The number of rotatable bonds is 4. The molecular weight excluding hydrogens is 260 g/mol. The summed E-state index contributed by atoms with van der Waals surface area (Å²) in [6.07, 6.45) is 4.22. The molecule has 0 saturated carbocycles. The van der Waals surface area contributed by atoms with Crippen LogP contribution in [-0.2, 0) is 0 Å². The Bertz CT molecular complexity index is 521. The van der Waals surface area contributed by atoms with Crippen LogP contribution in [0, 0.1) is 0 Å². The lowest BCUT2D eigenvalue weighted by molar-refractivity contribution is 0.415. The van der Waals surface area contributed by atoms with Crippen LogP contribution in [0.2, 0.25) is 0 Å². The Morgan fingerprint density at radius 3 is 2.17 bits per heavy atom. The molecule has 0 aromatic heterocycles. The molecule has 0 spiro atoms. The Morgan fingerprint density at radius 2 is 1.61 bits per heavy atom. The van der Waals surface area contributed by atoms with Crippen molar-refractivity contribution >= 4 is 23.5 Å². The second kappa shape index (κ2) is 6.21. The van der Waals surface area contributed by atoms with Crippen LogP contribution in [0.15, 0.2) is 52.3 Å². The third-order valence-electron chi connectivity index (χ3n) is 2.81. The second-order valence-corrected chi connectivity index (χ2v) is 5.52. The average Bonchev–Trinajstić information content (AvgIpc) is 2.46. The highest BCUT2D eigenvalue weighted by Crippen LogP contribution is 2.34. The van der Waals surface area contributed by atoms with Gasteiger partial charge in [-0.15, -0.1) is 23.5 Å². The summed E-state index contributed by atoms with van der Waals surface area (Å²) in [6.45, 7) is 0. The smallest absolute Gasteiger partial charge is 0.118 e. The topological polar surface area (TPSA) is 9.23 Å². The van der Waals surface area contributed by atoms with Crippen molar-refractivity contribution in [2.24, 2.45) is 0 Å². The van der Waals surface area contributed by atoms with Crippen molar-refractivity contribution in [3.63, 3.8) is 0 Å². The molecule has 94 valence electrons. The summed E-state index contributed by atoms with van der Waals surface area (Å²) in [7, 11) is 1.69. The van der Waals surface area contributed by atoms with Gasteiger partial charge in [0.1, 0.15) is 5.75 Å². The normalized spacial score (nSPS) is 10.4. The molecule has 2 aromatic carbocycles. The van der Waals surface area contributed by atoms with E-state index in [1.807, 2.05) is 12.1 Å². The predicted molar refractivity (Wildman–Crippen MR) is 82.0 cm³/mol. The van der Waals surface area contributed by atoms with E-state index in [2.05, 4.69) is 42.8 Å². The minimum atomic E-state index is 0.894. The van der Waals surface area contributed by atoms with E-state index in [1.165, 1.54) is 20.9 Å². The molecule has 2 aromatic rings. The lowest BCUT2D eigenvalue weighted by Gasteiger charge is -2.10. The molecule has 0 aliphatic rings. The van der Waals surface area contributed by atoms with E-state index in [0.29, 0.717) is 0 Å². The Kier molecular flexibility index (Phi) is 4.61. The quantitative estimate of drug-likeness (QED) is 0.742. The summed E-state index contributed by atoms with van der Waals surface area (Å²) in [5.41, 5.74) is 2.52. The molecule has 0 saturated heterocycles. The van der Waals surface area contributed by atoms with Gasteiger partial charge in [-0.05, 0) is 54.0 Å². The predicted octanol–water partition coefficient (Wildman–Crippen LogP) is 4.81. The maximum Gasteiger partial charge on any atom is 0.118 e. The largest absolute Gasteiger partial charge is 0.497 e. The van der Waals surface area contributed by atoms with E-state index in [4.69, 9.17) is 4.74 Å². The average molecular weight is 276 g/mol. The Morgan fingerprint density at radius 1 is 0.889 bits per heavy atom. The summed E-state index contributed by atoms with van der Waals surface area (Å²) in [5, 5.41) is 0. The standard InChI is InChI=1S/C15H16OS2/c1-16-12-6-4-11(5-7-12)14-10-13(17-2)8-9-15(14)18-3/h4-10H,1-3H3. The molecule has 0 heterocycles. The molecule has 0 N–H and O–H groups in total. The summed E-state index contributed by atoms with van der Waals surface area (Å²) < 4.78 is 5.20. The molecule has 2 rings (SSSR count). The molecule has 1 nitrogen and oxygen atoms in total. The minimum Gasteiger partial charge on any atom is -0.497 e. The zero-order valence-electron chi connectivity index (χ0n) is 10.8. The van der Waals surface area contributed by atoms with Gasteiger partial charge in [-0.2, -0.15) is 0 Å². The van der Waals surface area contributed by atoms with Crippen LogP contribution in [0.4, 0.5) is 0 Å². The lowest BCUT2D eigenvalue weighted by Crippen LogP contribution is -1.85. The summed E-state index contributed by atoms with van der Waals surface area (Å²) >= 11 is 3.55. The fraction of sp³-hybridized carbons (Fsp3) is 0.200. The van der Waals surface area contributed by atoms with Crippen LogP contribution in [0.1, 0.15) is 0 Å².